The van der Waals surface area contributed by atoms with Crippen LogP contribution in [0.1, 0.15) is 18.4 Å². The zero-order chi connectivity index (χ0) is 14.2. The van der Waals surface area contributed by atoms with Gasteiger partial charge >= 0.3 is 16.4 Å². The molecule has 1 heterocycles. The number of nitrogens with zero attached hydrogens (tertiary/aromatic N) is 1. The maximum absolute atomic E-state index is 12.0. The quantitative estimate of drug-likeness (QED) is 0.848. The summed E-state index contributed by atoms with van der Waals surface area (Å²) >= 11 is 0. The van der Waals surface area contributed by atoms with Crippen LogP contribution >= 0.6 is 0 Å². The first-order valence-corrected chi connectivity index (χ1v) is 7.84. The molecule has 0 spiro atoms. The smallest absolute Gasteiger partial charge is 0.426 e. The molecular formula is C13H15NO5S. The third kappa shape index (κ3) is 2.64. The number of rotatable bonds is 3. The van der Waals surface area contributed by atoms with Gasteiger partial charge in [-0.25, -0.2) is 4.79 Å². The van der Waals surface area contributed by atoms with E-state index in [1.54, 1.807) is 12.1 Å². The fraction of sp³-hybridized carbons (Fsp3) is 0.462. The van der Waals surface area contributed by atoms with Crippen LogP contribution in [0.25, 0.3) is 0 Å². The number of hydrogen-bond acceptors (Lipinski definition) is 5. The van der Waals surface area contributed by atoms with Gasteiger partial charge in [0.25, 0.3) is 0 Å². The summed E-state index contributed by atoms with van der Waals surface area (Å²) in [5.41, 5.74) is 0.807. The normalized spacial score (nSPS) is 24.6. The standard InChI is InChI=1S/C13H15NO5S/c15-13(18-8-10-4-2-1-3-5-10)14-12(11-6-7-11)9-19-20(14,16)17/h1-5,11-12H,6-9H2/t12-/m0/s1. The summed E-state index contributed by atoms with van der Waals surface area (Å²) in [5, 5.41) is 0. The van der Waals surface area contributed by atoms with Crippen molar-refractivity contribution in [3.63, 3.8) is 0 Å². The summed E-state index contributed by atoms with van der Waals surface area (Å²) in [7, 11) is -3.99. The molecule has 1 saturated carbocycles. The van der Waals surface area contributed by atoms with Crippen molar-refractivity contribution >= 4 is 16.4 Å². The summed E-state index contributed by atoms with van der Waals surface area (Å²) in [6.45, 7) is 0.0799. The fourth-order valence-corrected chi connectivity index (χ4v) is 3.49. The molecule has 0 radical (unpaired) electrons. The minimum absolute atomic E-state index is 0.0352. The Kier molecular flexibility index (Phi) is 3.39. The summed E-state index contributed by atoms with van der Waals surface area (Å²) in [4.78, 5) is 12.0. The van der Waals surface area contributed by atoms with Gasteiger partial charge in [-0.2, -0.15) is 12.7 Å². The second-order valence-corrected chi connectivity index (χ2v) is 6.47. The van der Waals surface area contributed by atoms with E-state index in [-0.39, 0.29) is 19.1 Å². The van der Waals surface area contributed by atoms with Gasteiger partial charge in [-0.15, -0.1) is 0 Å². The highest BCUT2D eigenvalue weighted by Gasteiger charge is 2.50. The molecule has 0 bridgehead atoms. The molecule has 20 heavy (non-hydrogen) atoms. The van der Waals surface area contributed by atoms with Gasteiger partial charge in [0.05, 0.1) is 12.6 Å². The zero-order valence-corrected chi connectivity index (χ0v) is 11.6. The Labute approximate surface area is 117 Å². The summed E-state index contributed by atoms with van der Waals surface area (Å²) < 4.78 is 34.1. The first-order valence-electron chi connectivity index (χ1n) is 6.47. The lowest BCUT2D eigenvalue weighted by molar-refractivity contribution is 0.110. The second kappa shape index (κ2) is 5.06. The van der Waals surface area contributed by atoms with Gasteiger partial charge in [0.15, 0.2) is 0 Å². The van der Waals surface area contributed by atoms with Crippen LogP contribution in [0.2, 0.25) is 0 Å². The van der Waals surface area contributed by atoms with Gasteiger partial charge in [-0.05, 0) is 24.3 Å². The van der Waals surface area contributed by atoms with Crippen molar-refractivity contribution in [3.8, 4) is 0 Å². The average Bonchev–Trinajstić information content (AvgIpc) is 3.22. The maximum Gasteiger partial charge on any atom is 0.426 e. The number of benzene rings is 1. The molecule has 2 fully saturated rings. The lowest BCUT2D eigenvalue weighted by Gasteiger charge is -2.19. The Bertz CT molecular complexity index is 596. The fourth-order valence-electron chi connectivity index (χ4n) is 2.26. The maximum atomic E-state index is 12.0. The van der Waals surface area contributed by atoms with Crippen molar-refractivity contribution in [2.45, 2.75) is 25.5 Å². The largest absolute Gasteiger partial charge is 0.444 e. The van der Waals surface area contributed by atoms with E-state index in [1.807, 2.05) is 18.2 Å². The molecule has 2 aliphatic rings. The van der Waals surface area contributed by atoms with Gasteiger partial charge in [-0.3, -0.25) is 4.18 Å². The van der Waals surface area contributed by atoms with E-state index in [1.165, 1.54) is 0 Å². The Hall–Kier alpha value is -1.60. The summed E-state index contributed by atoms with van der Waals surface area (Å²) in [5.74, 6) is 0.205. The van der Waals surface area contributed by atoms with Gasteiger partial charge < -0.3 is 4.74 Å². The van der Waals surface area contributed by atoms with E-state index in [9.17, 15) is 13.2 Å². The predicted molar refractivity (Wildman–Crippen MR) is 69.8 cm³/mol. The molecule has 1 aliphatic heterocycles. The van der Waals surface area contributed by atoms with Crippen molar-refractivity contribution in [1.82, 2.24) is 4.31 Å². The minimum atomic E-state index is -3.99. The van der Waals surface area contributed by atoms with Crippen LogP contribution in [-0.4, -0.2) is 31.5 Å². The molecule has 0 unspecified atom stereocenters. The SMILES string of the molecule is O=C(OCc1ccccc1)N1[C@H](C2CC2)COS1(=O)=O. The highest BCUT2D eigenvalue weighted by Crippen LogP contribution is 2.39. The van der Waals surface area contributed by atoms with Crippen LogP contribution < -0.4 is 0 Å². The van der Waals surface area contributed by atoms with E-state index in [2.05, 4.69) is 0 Å². The van der Waals surface area contributed by atoms with Crippen molar-refractivity contribution in [1.29, 1.82) is 0 Å². The van der Waals surface area contributed by atoms with Crippen molar-refractivity contribution in [2.24, 2.45) is 5.92 Å². The molecule has 0 N–H and O–H groups in total. The summed E-state index contributed by atoms with van der Waals surface area (Å²) in [6.07, 6.45) is 0.987. The lowest BCUT2D eigenvalue weighted by Crippen LogP contribution is -2.40. The van der Waals surface area contributed by atoms with Gasteiger partial charge in [0, 0.05) is 0 Å². The van der Waals surface area contributed by atoms with Crippen LogP contribution in [0.5, 0.6) is 0 Å². The number of amides is 1. The van der Waals surface area contributed by atoms with Crippen LogP contribution in [0, 0.1) is 5.92 Å². The van der Waals surface area contributed by atoms with Crippen molar-refractivity contribution < 1.29 is 22.1 Å². The third-order valence-electron chi connectivity index (χ3n) is 3.48. The Morgan fingerprint density at radius 2 is 2.00 bits per heavy atom. The van der Waals surface area contributed by atoms with Crippen LogP contribution in [0.4, 0.5) is 4.79 Å². The van der Waals surface area contributed by atoms with Crippen molar-refractivity contribution in [3.05, 3.63) is 35.9 Å². The molecule has 1 amide bonds. The molecule has 6 nitrogen and oxygen atoms in total. The average molecular weight is 297 g/mol. The van der Waals surface area contributed by atoms with Gasteiger partial charge in [-0.1, -0.05) is 30.3 Å². The van der Waals surface area contributed by atoms with E-state index in [0.717, 1.165) is 22.7 Å². The molecule has 7 heteroatoms. The number of carbonyl (C=O) groups excluding carboxylic acids is 1. The molecule has 0 aromatic heterocycles. The summed E-state index contributed by atoms with van der Waals surface area (Å²) in [6, 6.07) is 8.70. The first kappa shape index (κ1) is 13.4. The molecule has 1 atom stereocenters. The van der Waals surface area contributed by atoms with Gasteiger partial charge in [0.1, 0.15) is 6.61 Å². The Balaban J connectivity index is 1.68. The molecule has 1 aromatic carbocycles. The highest BCUT2D eigenvalue weighted by atomic mass is 32.2. The molecule has 3 rings (SSSR count). The highest BCUT2D eigenvalue weighted by molar-refractivity contribution is 7.85. The number of ether oxygens (including phenoxy) is 1. The number of hydrogen-bond donors (Lipinski definition) is 0. The molecule has 1 saturated heterocycles. The molecule has 1 aliphatic carbocycles. The second-order valence-electron chi connectivity index (χ2n) is 4.98. The lowest BCUT2D eigenvalue weighted by atomic mass is 10.2. The van der Waals surface area contributed by atoms with E-state index < -0.39 is 22.4 Å². The van der Waals surface area contributed by atoms with E-state index in [0.29, 0.717) is 0 Å². The molecule has 1 aromatic rings. The topological polar surface area (TPSA) is 72.9 Å². The van der Waals surface area contributed by atoms with Crippen LogP contribution in [0.3, 0.4) is 0 Å². The van der Waals surface area contributed by atoms with E-state index in [4.69, 9.17) is 8.92 Å². The Morgan fingerprint density at radius 1 is 1.30 bits per heavy atom. The minimum Gasteiger partial charge on any atom is -0.444 e. The first-order chi connectivity index (χ1) is 9.58. The monoisotopic (exact) mass is 297 g/mol. The van der Waals surface area contributed by atoms with Gasteiger partial charge in [0.2, 0.25) is 0 Å². The van der Waals surface area contributed by atoms with E-state index >= 15 is 0 Å². The van der Waals surface area contributed by atoms with Crippen LogP contribution in [0.15, 0.2) is 30.3 Å². The Morgan fingerprint density at radius 3 is 2.65 bits per heavy atom. The zero-order valence-electron chi connectivity index (χ0n) is 10.8. The predicted octanol–water partition coefficient (Wildman–Crippen LogP) is 1.68. The molecular weight excluding hydrogens is 282 g/mol. The van der Waals surface area contributed by atoms with Crippen LogP contribution in [-0.2, 0) is 25.8 Å². The van der Waals surface area contributed by atoms with Crippen molar-refractivity contribution in [2.75, 3.05) is 6.61 Å². The number of carbonyl (C=O) groups is 1. The molecule has 108 valence electrons. The third-order valence-corrected chi connectivity index (χ3v) is 4.82.